The Balaban J connectivity index is 1.71. The lowest BCUT2D eigenvalue weighted by atomic mass is 10.0. The van der Waals surface area contributed by atoms with E-state index in [1.807, 2.05) is 78.9 Å². The van der Waals surface area contributed by atoms with E-state index in [-0.39, 0.29) is 6.61 Å². The molecule has 0 aliphatic carbocycles. The third-order valence-corrected chi connectivity index (χ3v) is 5.12. The number of hydrogen-bond acceptors (Lipinski definition) is 4. The molecule has 0 aromatic heterocycles. The van der Waals surface area contributed by atoms with Crippen molar-refractivity contribution < 1.29 is 19.4 Å². The molecular formula is C25H24ClNO4. The summed E-state index contributed by atoms with van der Waals surface area (Å²) in [5, 5.41) is 12.8. The summed E-state index contributed by atoms with van der Waals surface area (Å²) in [5.74, 6) is -1.52. The third-order valence-electron chi connectivity index (χ3n) is 4.88. The summed E-state index contributed by atoms with van der Waals surface area (Å²) in [6.07, 6.45) is 0.307. The van der Waals surface area contributed by atoms with Crippen LogP contribution in [0.25, 0.3) is 11.1 Å². The van der Waals surface area contributed by atoms with Crippen molar-refractivity contribution in [2.75, 3.05) is 0 Å². The fourth-order valence-corrected chi connectivity index (χ4v) is 3.34. The lowest BCUT2D eigenvalue weighted by Crippen LogP contribution is -2.47. The van der Waals surface area contributed by atoms with Gasteiger partial charge in [-0.05, 0) is 47.7 Å². The SMILES string of the molecule is C[C@H](NC(Cc1ccc(-c2cccc(Cl)c2)cc1)C(=O)OCc1ccccc1)C(=O)O. The van der Waals surface area contributed by atoms with Gasteiger partial charge in [0, 0.05) is 5.02 Å². The minimum absolute atomic E-state index is 0.132. The first kappa shape index (κ1) is 22.5. The topological polar surface area (TPSA) is 75.6 Å². The number of esters is 1. The second-order valence-electron chi connectivity index (χ2n) is 7.28. The van der Waals surface area contributed by atoms with Gasteiger partial charge >= 0.3 is 11.9 Å². The molecule has 2 atom stereocenters. The van der Waals surface area contributed by atoms with Gasteiger partial charge in [-0.25, -0.2) is 0 Å². The molecule has 0 bridgehead atoms. The predicted octanol–water partition coefficient (Wildman–Crippen LogP) is 4.72. The highest BCUT2D eigenvalue weighted by Gasteiger charge is 2.25. The van der Waals surface area contributed by atoms with Crippen molar-refractivity contribution >= 4 is 23.5 Å². The van der Waals surface area contributed by atoms with Crippen LogP contribution in [0.5, 0.6) is 0 Å². The van der Waals surface area contributed by atoms with Gasteiger partial charge in [0.25, 0.3) is 0 Å². The quantitative estimate of drug-likeness (QED) is 0.473. The molecule has 0 amide bonds. The molecular weight excluding hydrogens is 414 g/mol. The van der Waals surface area contributed by atoms with E-state index in [2.05, 4.69) is 5.32 Å². The molecule has 0 aliphatic heterocycles. The van der Waals surface area contributed by atoms with Crippen molar-refractivity contribution in [2.24, 2.45) is 0 Å². The van der Waals surface area contributed by atoms with Gasteiger partial charge in [0.05, 0.1) is 0 Å². The van der Waals surface area contributed by atoms with Crippen molar-refractivity contribution in [3.05, 3.63) is 95.0 Å². The van der Waals surface area contributed by atoms with Crippen molar-refractivity contribution in [2.45, 2.75) is 32.0 Å². The van der Waals surface area contributed by atoms with Gasteiger partial charge in [-0.2, -0.15) is 0 Å². The second-order valence-corrected chi connectivity index (χ2v) is 7.72. The minimum atomic E-state index is -1.03. The predicted molar refractivity (Wildman–Crippen MR) is 121 cm³/mol. The van der Waals surface area contributed by atoms with Crippen LogP contribution in [0.4, 0.5) is 0 Å². The maximum atomic E-state index is 12.7. The fourth-order valence-electron chi connectivity index (χ4n) is 3.15. The van der Waals surface area contributed by atoms with Crippen LogP contribution in [0.2, 0.25) is 5.02 Å². The molecule has 0 saturated heterocycles. The maximum absolute atomic E-state index is 12.7. The zero-order chi connectivity index (χ0) is 22.2. The second kappa shape index (κ2) is 10.8. The first-order valence-corrected chi connectivity index (χ1v) is 10.3. The van der Waals surface area contributed by atoms with Gasteiger partial charge in [0.2, 0.25) is 0 Å². The molecule has 0 spiro atoms. The summed E-state index contributed by atoms with van der Waals surface area (Å²) in [5.41, 5.74) is 3.75. The van der Waals surface area contributed by atoms with E-state index < -0.39 is 24.0 Å². The summed E-state index contributed by atoms with van der Waals surface area (Å²) in [4.78, 5) is 24.0. The maximum Gasteiger partial charge on any atom is 0.323 e. The number of carboxylic acid groups (broad SMARTS) is 1. The minimum Gasteiger partial charge on any atom is -0.480 e. The van der Waals surface area contributed by atoms with Crippen molar-refractivity contribution in [3.8, 4) is 11.1 Å². The van der Waals surface area contributed by atoms with Crippen LogP contribution in [-0.2, 0) is 27.4 Å². The molecule has 3 aromatic carbocycles. The highest BCUT2D eigenvalue weighted by atomic mass is 35.5. The normalized spacial score (nSPS) is 12.7. The Hall–Kier alpha value is -3.15. The summed E-state index contributed by atoms with van der Waals surface area (Å²) in [6, 6.07) is 23.0. The number of nitrogens with one attached hydrogen (secondary N) is 1. The van der Waals surface area contributed by atoms with Crippen LogP contribution in [0.3, 0.4) is 0 Å². The van der Waals surface area contributed by atoms with E-state index in [0.29, 0.717) is 11.4 Å². The molecule has 2 N–H and O–H groups in total. The number of carbonyl (C=O) groups excluding carboxylic acids is 1. The largest absolute Gasteiger partial charge is 0.480 e. The molecule has 0 radical (unpaired) electrons. The molecule has 0 saturated carbocycles. The molecule has 0 heterocycles. The number of ether oxygens (including phenoxy) is 1. The van der Waals surface area contributed by atoms with Crippen LogP contribution in [-0.4, -0.2) is 29.1 Å². The number of halogens is 1. The number of carbonyl (C=O) groups is 2. The van der Waals surface area contributed by atoms with Gasteiger partial charge < -0.3 is 9.84 Å². The summed E-state index contributed by atoms with van der Waals surface area (Å²) in [6.45, 7) is 1.63. The van der Waals surface area contributed by atoms with Crippen molar-refractivity contribution in [1.29, 1.82) is 0 Å². The standard InChI is InChI=1S/C25H24ClNO4/c1-17(24(28)29)27-23(25(30)31-16-19-6-3-2-4-7-19)14-18-10-12-20(13-11-18)21-8-5-9-22(26)15-21/h2-13,15,17,23,27H,14,16H2,1H3,(H,28,29)/t17-,23?/m0/s1. The van der Waals surface area contributed by atoms with Crippen molar-refractivity contribution in [3.63, 3.8) is 0 Å². The number of aliphatic carboxylic acids is 1. The highest BCUT2D eigenvalue weighted by Crippen LogP contribution is 2.23. The molecule has 1 unspecified atom stereocenters. The zero-order valence-corrected chi connectivity index (χ0v) is 17.9. The molecule has 31 heavy (non-hydrogen) atoms. The first-order chi connectivity index (χ1) is 14.9. The van der Waals surface area contributed by atoms with E-state index >= 15 is 0 Å². The Morgan fingerprint density at radius 2 is 1.65 bits per heavy atom. The van der Waals surface area contributed by atoms with Crippen LogP contribution in [0, 0.1) is 0 Å². The Morgan fingerprint density at radius 3 is 2.29 bits per heavy atom. The van der Waals surface area contributed by atoms with Gasteiger partial charge in [0.1, 0.15) is 18.7 Å². The smallest absolute Gasteiger partial charge is 0.323 e. The van der Waals surface area contributed by atoms with E-state index in [0.717, 1.165) is 22.3 Å². The monoisotopic (exact) mass is 437 g/mol. The molecule has 6 heteroatoms. The Morgan fingerprint density at radius 1 is 0.935 bits per heavy atom. The number of hydrogen-bond donors (Lipinski definition) is 2. The zero-order valence-electron chi connectivity index (χ0n) is 17.1. The molecule has 3 aromatic rings. The molecule has 3 rings (SSSR count). The van der Waals surface area contributed by atoms with Gasteiger partial charge in [-0.3, -0.25) is 14.9 Å². The van der Waals surface area contributed by atoms with Crippen LogP contribution in [0.1, 0.15) is 18.1 Å². The lowest BCUT2D eigenvalue weighted by molar-refractivity contribution is -0.148. The fraction of sp³-hybridized carbons (Fsp3) is 0.200. The highest BCUT2D eigenvalue weighted by molar-refractivity contribution is 6.30. The van der Waals surface area contributed by atoms with Gasteiger partial charge in [-0.1, -0.05) is 78.3 Å². The Labute approximate surface area is 186 Å². The van der Waals surface area contributed by atoms with E-state index in [1.165, 1.54) is 6.92 Å². The summed E-state index contributed by atoms with van der Waals surface area (Å²) in [7, 11) is 0. The van der Waals surface area contributed by atoms with Crippen LogP contribution in [0.15, 0.2) is 78.9 Å². The molecule has 0 fully saturated rings. The van der Waals surface area contributed by atoms with Crippen molar-refractivity contribution in [1.82, 2.24) is 5.32 Å². The average molecular weight is 438 g/mol. The van der Waals surface area contributed by atoms with Gasteiger partial charge in [-0.15, -0.1) is 0 Å². The summed E-state index contributed by atoms with van der Waals surface area (Å²) >= 11 is 6.07. The van der Waals surface area contributed by atoms with E-state index in [4.69, 9.17) is 16.3 Å². The third kappa shape index (κ3) is 6.67. The molecule has 160 valence electrons. The van der Waals surface area contributed by atoms with Crippen LogP contribution < -0.4 is 5.32 Å². The van der Waals surface area contributed by atoms with E-state index in [9.17, 15) is 14.7 Å². The Bertz CT molecular complexity index is 1020. The number of rotatable bonds is 9. The van der Waals surface area contributed by atoms with Gasteiger partial charge in [0.15, 0.2) is 0 Å². The Kier molecular flexibility index (Phi) is 7.82. The molecule has 5 nitrogen and oxygen atoms in total. The van der Waals surface area contributed by atoms with Crippen LogP contribution >= 0.6 is 11.6 Å². The number of benzene rings is 3. The first-order valence-electron chi connectivity index (χ1n) is 9.96. The average Bonchev–Trinajstić information content (AvgIpc) is 2.78. The number of carboxylic acids is 1. The van der Waals surface area contributed by atoms with E-state index in [1.54, 1.807) is 0 Å². The lowest BCUT2D eigenvalue weighted by Gasteiger charge is -2.20. The molecule has 0 aliphatic rings. The summed E-state index contributed by atoms with van der Waals surface area (Å²) < 4.78 is 5.44.